The van der Waals surface area contributed by atoms with Crippen LogP contribution >= 0.6 is 11.3 Å². The molecule has 0 saturated heterocycles. The summed E-state index contributed by atoms with van der Waals surface area (Å²) in [6, 6.07) is 6.28. The third-order valence-corrected chi connectivity index (χ3v) is 6.18. The normalized spacial score (nSPS) is 11.9. The van der Waals surface area contributed by atoms with Gasteiger partial charge in [-0.1, -0.05) is 25.2 Å². The van der Waals surface area contributed by atoms with Gasteiger partial charge in [0.25, 0.3) is 0 Å². The van der Waals surface area contributed by atoms with Crippen LogP contribution < -0.4 is 15.5 Å². The van der Waals surface area contributed by atoms with E-state index in [2.05, 4.69) is 50.2 Å². The Labute approximate surface area is 198 Å². The van der Waals surface area contributed by atoms with Crippen LogP contribution in [0.25, 0.3) is 16.2 Å². The first kappa shape index (κ1) is 24.9. The lowest BCUT2D eigenvalue weighted by atomic mass is 10.1. The maximum Gasteiger partial charge on any atom is 0.239 e. The number of anilines is 2. The van der Waals surface area contributed by atoms with E-state index in [4.69, 9.17) is 10.1 Å². The van der Waals surface area contributed by atoms with Crippen LogP contribution in [-0.2, 0) is 4.79 Å². The molecule has 0 aliphatic rings. The molecule has 3 aromatic rings. The van der Waals surface area contributed by atoms with Gasteiger partial charge in [0.15, 0.2) is 5.82 Å². The molecule has 0 spiro atoms. The van der Waals surface area contributed by atoms with Crippen molar-refractivity contribution in [2.45, 2.75) is 40.2 Å². The number of nitrogens with one attached hydrogen (secondary N) is 2. The molecule has 0 saturated carbocycles. The Balaban J connectivity index is 1.78. The fraction of sp³-hybridized carbons (Fsp3) is 0.522. The van der Waals surface area contributed by atoms with Gasteiger partial charge in [-0.15, -0.1) is 5.10 Å². The van der Waals surface area contributed by atoms with Crippen molar-refractivity contribution >= 4 is 33.2 Å². The first-order valence-electron chi connectivity index (χ1n) is 11.2. The molecule has 0 unspecified atom stereocenters. The summed E-state index contributed by atoms with van der Waals surface area (Å²) in [4.78, 5) is 22.0. The van der Waals surface area contributed by atoms with Crippen molar-refractivity contribution in [1.82, 2.24) is 24.8 Å². The Bertz CT molecular complexity index is 1070. The van der Waals surface area contributed by atoms with E-state index >= 15 is 0 Å². The van der Waals surface area contributed by atoms with E-state index in [1.165, 1.54) is 23.5 Å². The Morgan fingerprint density at radius 2 is 1.85 bits per heavy atom. The Morgan fingerprint density at radius 3 is 2.45 bits per heavy atom. The molecule has 2 N–H and O–H groups in total. The minimum Gasteiger partial charge on any atom is -0.364 e. The highest BCUT2D eigenvalue weighted by molar-refractivity contribution is 7.20. The molecule has 0 atom stereocenters. The van der Waals surface area contributed by atoms with E-state index in [1.807, 2.05) is 11.9 Å². The highest BCUT2D eigenvalue weighted by atomic mass is 32.1. The van der Waals surface area contributed by atoms with E-state index in [-0.39, 0.29) is 23.8 Å². The monoisotopic (exact) mass is 475 g/mol. The summed E-state index contributed by atoms with van der Waals surface area (Å²) in [7, 11) is 1.85. The van der Waals surface area contributed by atoms with Gasteiger partial charge in [0, 0.05) is 31.2 Å². The summed E-state index contributed by atoms with van der Waals surface area (Å²) in [5.74, 6) is 0.406. The first-order valence-corrected chi connectivity index (χ1v) is 12.1. The molecule has 2 heterocycles. The van der Waals surface area contributed by atoms with Crippen LogP contribution in [0.4, 0.5) is 15.3 Å². The molecule has 8 nitrogen and oxygen atoms in total. The number of hydrogen-bond acceptors (Lipinski definition) is 7. The fourth-order valence-corrected chi connectivity index (χ4v) is 4.26. The first-order chi connectivity index (χ1) is 15.6. The molecule has 0 aliphatic heterocycles. The Kier molecular flexibility index (Phi) is 7.91. The maximum absolute atomic E-state index is 13.4. The molecule has 3 rings (SSSR count). The molecule has 1 amide bonds. The smallest absolute Gasteiger partial charge is 0.239 e. The van der Waals surface area contributed by atoms with E-state index < -0.39 is 0 Å². The van der Waals surface area contributed by atoms with Crippen molar-refractivity contribution in [3.8, 4) is 11.3 Å². The lowest BCUT2D eigenvalue weighted by molar-refractivity contribution is -0.119. The molecule has 0 radical (unpaired) electrons. The molecular weight excluding hydrogens is 441 g/mol. The number of benzene rings is 1. The predicted molar refractivity (Wildman–Crippen MR) is 134 cm³/mol. The second-order valence-electron chi connectivity index (χ2n) is 9.00. The summed E-state index contributed by atoms with van der Waals surface area (Å²) < 4.78 is 15.2. The van der Waals surface area contributed by atoms with Crippen LogP contribution in [0.2, 0.25) is 0 Å². The van der Waals surface area contributed by atoms with Crippen molar-refractivity contribution in [1.29, 1.82) is 0 Å². The number of amides is 1. The van der Waals surface area contributed by atoms with E-state index in [0.717, 1.165) is 31.0 Å². The van der Waals surface area contributed by atoms with Crippen molar-refractivity contribution < 1.29 is 9.18 Å². The van der Waals surface area contributed by atoms with Crippen molar-refractivity contribution in [3.63, 3.8) is 0 Å². The second-order valence-corrected chi connectivity index (χ2v) is 9.94. The van der Waals surface area contributed by atoms with Gasteiger partial charge in [-0.2, -0.15) is 4.52 Å². The number of aromatic nitrogens is 3. The van der Waals surface area contributed by atoms with E-state index in [9.17, 15) is 9.18 Å². The molecule has 0 bridgehead atoms. The quantitative estimate of drug-likeness (QED) is 0.466. The van der Waals surface area contributed by atoms with Crippen LogP contribution in [-0.4, -0.2) is 70.7 Å². The van der Waals surface area contributed by atoms with Crippen LogP contribution in [0, 0.1) is 5.82 Å². The van der Waals surface area contributed by atoms with Crippen molar-refractivity contribution in [2.24, 2.45) is 0 Å². The van der Waals surface area contributed by atoms with E-state index in [1.54, 1.807) is 16.6 Å². The average molecular weight is 476 g/mol. The number of likely N-dealkylation sites (N-methyl/N-ethyl adjacent to an activating group) is 2. The summed E-state index contributed by atoms with van der Waals surface area (Å²) in [6.07, 6.45) is 0. The number of fused-ring (bicyclic) bond motifs is 1. The van der Waals surface area contributed by atoms with Gasteiger partial charge in [-0.05, 0) is 58.1 Å². The summed E-state index contributed by atoms with van der Waals surface area (Å²) in [6.45, 7) is 14.0. The number of hydrogen-bond donors (Lipinski definition) is 2. The number of imidazole rings is 1. The molecule has 0 aliphatic carbocycles. The lowest BCUT2D eigenvalue weighted by Gasteiger charge is -2.22. The molecule has 0 fully saturated rings. The van der Waals surface area contributed by atoms with Crippen molar-refractivity contribution in [2.75, 3.05) is 50.0 Å². The standard InChI is InChI=1S/C23H34FN7OS/c1-7-30(8-2)14-13-25-18(32)15-29(6)22-28-31-20(27-23(3,4)5)19(26-21(31)33-22)16-9-11-17(24)12-10-16/h9-12,27H,7-8,13-15H2,1-6H3,(H,25,32). The summed E-state index contributed by atoms with van der Waals surface area (Å²) in [5.41, 5.74) is 1.29. The van der Waals surface area contributed by atoms with Crippen LogP contribution in [0.3, 0.4) is 0 Å². The maximum atomic E-state index is 13.4. The SMILES string of the molecule is CCN(CC)CCNC(=O)CN(C)c1nn2c(NC(C)(C)C)c(-c3ccc(F)cc3)nc2s1. The minimum absolute atomic E-state index is 0.0439. The van der Waals surface area contributed by atoms with Gasteiger partial charge in [-0.3, -0.25) is 4.79 Å². The number of nitrogens with zero attached hydrogens (tertiary/aromatic N) is 5. The Hall–Kier alpha value is -2.72. The lowest BCUT2D eigenvalue weighted by Crippen LogP contribution is -2.39. The Morgan fingerprint density at radius 1 is 1.18 bits per heavy atom. The highest BCUT2D eigenvalue weighted by Crippen LogP contribution is 2.34. The van der Waals surface area contributed by atoms with Crippen molar-refractivity contribution in [3.05, 3.63) is 30.1 Å². The number of carbonyl (C=O) groups excluding carboxylic acids is 1. The molecular formula is C23H34FN7OS. The van der Waals surface area contributed by atoms with Crippen LogP contribution in [0.1, 0.15) is 34.6 Å². The molecule has 1 aromatic carbocycles. The summed E-state index contributed by atoms with van der Waals surface area (Å²) >= 11 is 1.41. The third-order valence-electron chi connectivity index (χ3n) is 5.16. The van der Waals surface area contributed by atoms with Gasteiger partial charge in [-0.25, -0.2) is 9.37 Å². The predicted octanol–water partition coefficient (Wildman–Crippen LogP) is 3.70. The second kappa shape index (κ2) is 10.5. The molecule has 2 aromatic heterocycles. The van der Waals surface area contributed by atoms with Gasteiger partial charge in [0.2, 0.25) is 16.0 Å². The molecule has 10 heteroatoms. The molecule has 33 heavy (non-hydrogen) atoms. The highest BCUT2D eigenvalue weighted by Gasteiger charge is 2.23. The number of rotatable bonds is 10. The van der Waals surface area contributed by atoms with Gasteiger partial charge in [0.1, 0.15) is 11.5 Å². The number of carbonyl (C=O) groups is 1. The zero-order valence-corrected chi connectivity index (χ0v) is 21.1. The molecule has 180 valence electrons. The van der Waals surface area contributed by atoms with Crippen LogP contribution in [0.15, 0.2) is 24.3 Å². The topological polar surface area (TPSA) is 77.8 Å². The zero-order valence-electron chi connectivity index (χ0n) is 20.3. The third kappa shape index (κ3) is 6.42. The zero-order chi connectivity index (χ0) is 24.2. The van der Waals surface area contributed by atoms with E-state index in [0.29, 0.717) is 22.3 Å². The van der Waals surface area contributed by atoms with Gasteiger partial charge < -0.3 is 20.4 Å². The average Bonchev–Trinajstić information content (AvgIpc) is 3.30. The van der Waals surface area contributed by atoms with Gasteiger partial charge >= 0.3 is 0 Å². The largest absolute Gasteiger partial charge is 0.364 e. The fourth-order valence-electron chi connectivity index (χ4n) is 3.40. The summed E-state index contributed by atoms with van der Waals surface area (Å²) in [5, 5.41) is 11.9. The number of halogens is 1. The van der Waals surface area contributed by atoms with Crippen LogP contribution in [0.5, 0.6) is 0 Å². The minimum atomic E-state index is -0.289. The van der Waals surface area contributed by atoms with Gasteiger partial charge in [0.05, 0.1) is 6.54 Å².